The van der Waals surface area contributed by atoms with Gasteiger partial charge in [0.15, 0.2) is 11.6 Å². The summed E-state index contributed by atoms with van der Waals surface area (Å²) in [7, 11) is 1.65. The van der Waals surface area contributed by atoms with E-state index in [1.807, 2.05) is 61.5 Å². The molecular formula is C31H22N2O3. The van der Waals surface area contributed by atoms with Gasteiger partial charge in [-0.3, -0.25) is 14.4 Å². The van der Waals surface area contributed by atoms with Crippen LogP contribution < -0.4 is 10.9 Å². The molecule has 4 aromatic carbocycles. The molecule has 0 bridgehead atoms. The van der Waals surface area contributed by atoms with Crippen molar-refractivity contribution < 1.29 is 9.59 Å². The number of hydrogen-bond acceptors (Lipinski definition) is 4. The molecule has 5 heteroatoms. The first-order chi connectivity index (χ1) is 17.5. The van der Waals surface area contributed by atoms with Gasteiger partial charge in [-0.05, 0) is 36.2 Å². The zero-order chi connectivity index (χ0) is 25.0. The van der Waals surface area contributed by atoms with Crippen LogP contribution >= 0.6 is 0 Å². The minimum Gasteiger partial charge on any atom is -0.355 e. The third kappa shape index (κ3) is 3.13. The molecule has 0 aliphatic heterocycles. The minimum absolute atomic E-state index is 0.0745. The molecule has 0 spiro atoms. The van der Waals surface area contributed by atoms with Gasteiger partial charge in [0.2, 0.25) is 0 Å². The summed E-state index contributed by atoms with van der Waals surface area (Å²) in [4.78, 5) is 41.4. The molecule has 0 fully saturated rings. The molecule has 1 N–H and O–H groups in total. The molecule has 36 heavy (non-hydrogen) atoms. The predicted molar refractivity (Wildman–Crippen MR) is 142 cm³/mol. The summed E-state index contributed by atoms with van der Waals surface area (Å²) in [5, 5.41) is 4.04. The van der Waals surface area contributed by atoms with Gasteiger partial charge in [-0.1, -0.05) is 72.8 Å². The minimum atomic E-state index is -0.388. The average molecular weight is 471 g/mol. The Bertz CT molecular complexity index is 1780. The Morgan fingerprint density at radius 1 is 0.722 bits per heavy atom. The molecule has 0 amide bonds. The second-order valence-electron chi connectivity index (χ2n) is 9.01. The predicted octanol–water partition coefficient (Wildman–Crippen LogP) is 6.03. The SMILES string of the molecule is Cc1ccccc1Nc1ccc2c3c1C(=O)c1ccccc1-c3c(C(=O)c1ccccc1)c(=O)n2C. The number of carbonyl (C=O) groups is 2. The summed E-state index contributed by atoms with van der Waals surface area (Å²) in [6.07, 6.45) is 0. The highest BCUT2D eigenvalue weighted by molar-refractivity contribution is 6.31. The molecule has 0 atom stereocenters. The number of carbonyl (C=O) groups excluding carboxylic acids is 2. The first-order valence-electron chi connectivity index (χ1n) is 11.7. The van der Waals surface area contributed by atoms with E-state index in [4.69, 9.17) is 0 Å². The average Bonchev–Trinajstić information content (AvgIpc) is 2.91. The van der Waals surface area contributed by atoms with Gasteiger partial charge in [-0.15, -0.1) is 0 Å². The molecule has 0 radical (unpaired) electrons. The van der Waals surface area contributed by atoms with E-state index in [0.717, 1.165) is 11.3 Å². The summed E-state index contributed by atoms with van der Waals surface area (Å²) in [6, 6.07) is 27.5. The van der Waals surface area contributed by atoms with Gasteiger partial charge in [-0.2, -0.15) is 0 Å². The highest BCUT2D eigenvalue weighted by Gasteiger charge is 2.33. The van der Waals surface area contributed by atoms with E-state index in [1.165, 1.54) is 4.57 Å². The Hall–Kier alpha value is -4.77. The van der Waals surface area contributed by atoms with E-state index >= 15 is 0 Å². The van der Waals surface area contributed by atoms with Crippen LogP contribution in [0.25, 0.3) is 22.0 Å². The Kier molecular flexibility index (Phi) is 4.93. The summed E-state index contributed by atoms with van der Waals surface area (Å²) in [6.45, 7) is 2.00. The van der Waals surface area contributed by atoms with Gasteiger partial charge in [0.05, 0.1) is 22.3 Å². The number of hydrogen-bond donors (Lipinski definition) is 1. The van der Waals surface area contributed by atoms with Crippen molar-refractivity contribution in [2.24, 2.45) is 7.05 Å². The number of nitrogens with one attached hydrogen (secondary N) is 1. The smallest absolute Gasteiger partial charge is 0.262 e. The third-order valence-corrected chi connectivity index (χ3v) is 6.91. The second kappa shape index (κ2) is 8.17. The fraction of sp³-hybridized carbons (Fsp3) is 0.0645. The van der Waals surface area contributed by atoms with Crippen molar-refractivity contribution in [1.29, 1.82) is 0 Å². The second-order valence-corrected chi connectivity index (χ2v) is 9.01. The Morgan fingerprint density at radius 3 is 2.14 bits per heavy atom. The molecule has 5 aromatic rings. The van der Waals surface area contributed by atoms with Crippen molar-refractivity contribution >= 4 is 33.8 Å². The fourth-order valence-electron chi connectivity index (χ4n) is 5.08. The first-order valence-corrected chi connectivity index (χ1v) is 11.7. The molecule has 0 saturated carbocycles. The van der Waals surface area contributed by atoms with Crippen molar-refractivity contribution in [3.05, 3.63) is 129 Å². The molecular weight excluding hydrogens is 448 g/mol. The van der Waals surface area contributed by atoms with Crippen LogP contribution in [-0.4, -0.2) is 16.1 Å². The van der Waals surface area contributed by atoms with Crippen molar-refractivity contribution in [2.75, 3.05) is 5.32 Å². The van der Waals surface area contributed by atoms with Crippen molar-refractivity contribution in [3.8, 4) is 11.1 Å². The number of aryl methyl sites for hydroxylation is 2. The van der Waals surface area contributed by atoms with E-state index < -0.39 is 0 Å². The molecule has 1 aliphatic carbocycles. The molecule has 1 aromatic heterocycles. The maximum absolute atomic E-state index is 13.9. The zero-order valence-electron chi connectivity index (χ0n) is 19.8. The normalized spacial score (nSPS) is 11.9. The molecule has 6 rings (SSSR count). The van der Waals surface area contributed by atoms with Gasteiger partial charge in [0, 0.05) is 34.8 Å². The number of nitrogens with zero attached hydrogens (tertiary/aromatic N) is 1. The lowest BCUT2D eigenvalue weighted by Crippen LogP contribution is -2.29. The lowest BCUT2D eigenvalue weighted by Gasteiger charge is -2.25. The van der Waals surface area contributed by atoms with Crippen LogP contribution in [0.5, 0.6) is 0 Å². The summed E-state index contributed by atoms with van der Waals surface area (Å²) >= 11 is 0. The Morgan fingerprint density at radius 2 is 1.39 bits per heavy atom. The van der Waals surface area contributed by atoms with Crippen LogP contribution in [0, 0.1) is 6.92 Å². The maximum Gasteiger partial charge on any atom is 0.262 e. The highest BCUT2D eigenvalue weighted by atomic mass is 16.1. The number of rotatable bonds is 4. The molecule has 5 nitrogen and oxygen atoms in total. The Labute approximate surface area is 207 Å². The number of aromatic nitrogens is 1. The largest absolute Gasteiger partial charge is 0.355 e. The lowest BCUT2D eigenvalue weighted by molar-refractivity contribution is 0.102. The quantitative estimate of drug-likeness (QED) is 0.319. The molecule has 174 valence electrons. The molecule has 1 heterocycles. The van der Waals surface area contributed by atoms with Crippen molar-refractivity contribution in [2.45, 2.75) is 6.92 Å². The number of fused-ring (bicyclic) bond motifs is 2. The van der Waals surface area contributed by atoms with Crippen LogP contribution in [0.1, 0.15) is 37.4 Å². The summed E-state index contributed by atoms with van der Waals surface area (Å²) in [5.74, 6) is -0.503. The van der Waals surface area contributed by atoms with Crippen LogP contribution in [0.2, 0.25) is 0 Å². The van der Waals surface area contributed by atoms with Crippen LogP contribution in [0.15, 0.2) is 95.8 Å². The van der Waals surface area contributed by atoms with E-state index in [2.05, 4.69) is 5.32 Å². The Balaban J connectivity index is 1.74. The molecule has 0 saturated heterocycles. The van der Waals surface area contributed by atoms with Gasteiger partial charge < -0.3 is 9.88 Å². The van der Waals surface area contributed by atoms with Gasteiger partial charge in [0.25, 0.3) is 5.56 Å². The van der Waals surface area contributed by atoms with Gasteiger partial charge in [0.1, 0.15) is 0 Å². The van der Waals surface area contributed by atoms with Crippen LogP contribution in [0.4, 0.5) is 11.4 Å². The van der Waals surface area contributed by atoms with Gasteiger partial charge >= 0.3 is 0 Å². The van der Waals surface area contributed by atoms with E-state index in [1.54, 1.807) is 43.4 Å². The molecule has 1 aliphatic rings. The van der Waals surface area contributed by atoms with Crippen LogP contribution in [0.3, 0.4) is 0 Å². The number of ketones is 2. The number of pyridine rings is 1. The first kappa shape index (κ1) is 21.7. The van der Waals surface area contributed by atoms with Crippen molar-refractivity contribution in [1.82, 2.24) is 4.57 Å². The summed E-state index contributed by atoms with van der Waals surface area (Å²) < 4.78 is 1.47. The van der Waals surface area contributed by atoms with E-state index in [9.17, 15) is 14.4 Å². The molecule has 0 unspecified atom stereocenters. The van der Waals surface area contributed by atoms with E-state index in [0.29, 0.717) is 44.4 Å². The maximum atomic E-state index is 13.9. The van der Waals surface area contributed by atoms with Gasteiger partial charge in [-0.25, -0.2) is 0 Å². The topological polar surface area (TPSA) is 68.2 Å². The van der Waals surface area contributed by atoms with E-state index in [-0.39, 0.29) is 22.7 Å². The number of anilines is 2. The zero-order valence-corrected chi connectivity index (χ0v) is 19.8. The number of para-hydroxylation sites is 1. The number of benzene rings is 4. The summed E-state index contributed by atoms with van der Waals surface area (Å²) in [5.41, 5.74) is 5.32. The monoisotopic (exact) mass is 470 g/mol. The van der Waals surface area contributed by atoms with Crippen molar-refractivity contribution in [3.63, 3.8) is 0 Å². The third-order valence-electron chi connectivity index (χ3n) is 6.91. The lowest BCUT2D eigenvalue weighted by atomic mass is 9.80. The standard InChI is InChI=1S/C31H22N2O3/c1-18-10-6-9-15-22(18)32-23-16-17-24-27-25(20-13-7-8-14-21(20)30(35)26(23)27)28(31(36)33(24)2)29(34)19-11-4-3-5-12-19/h3-17,32H,1-2H3. The fourth-order valence-corrected chi connectivity index (χ4v) is 5.08. The highest BCUT2D eigenvalue weighted by Crippen LogP contribution is 2.44. The van der Waals surface area contributed by atoms with Crippen LogP contribution in [-0.2, 0) is 7.05 Å².